The van der Waals surface area contributed by atoms with Gasteiger partial charge in [0.05, 0.1) is 15.7 Å². The molecule has 3 rings (SSSR count). The van der Waals surface area contributed by atoms with E-state index >= 15 is 0 Å². The lowest BCUT2D eigenvalue weighted by Gasteiger charge is -2.11. The van der Waals surface area contributed by atoms with Gasteiger partial charge in [0.2, 0.25) is 5.91 Å². The van der Waals surface area contributed by atoms with Crippen molar-refractivity contribution in [1.29, 1.82) is 0 Å². The Bertz CT molecular complexity index is 901. The zero-order valence-corrected chi connectivity index (χ0v) is 15.2. The number of amides is 1. The van der Waals surface area contributed by atoms with E-state index in [1.165, 1.54) is 11.8 Å². The van der Waals surface area contributed by atoms with Crippen molar-refractivity contribution in [3.05, 3.63) is 52.8 Å². The fourth-order valence-corrected chi connectivity index (χ4v) is 3.34. The number of aromatic nitrogens is 4. The molecule has 2 heterocycles. The first-order chi connectivity index (χ1) is 12.1. The first-order valence-electron chi connectivity index (χ1n) is 7.28. The third-order valence-corrected chi connectivity index (χ3v) is 4.96. The van der Waals surface area contributed by atoms with Crippen LogP contribution in [0.4, 0.5) is 0 Å². The molecule has 25 heavy (non-hydrogen) atoms. The van der Waals surface area contributed by atoms with Crippen molar-refractivity contribution < 1.29 is 4.79 Å². The topological polar surface area (TPSA) is 86.7 Å². The number of nitrogens with zero attached hydrogens (tertiary/aromatic N) is 4. The van der Waals surface area contributed by atoms with Crippen LogP contribution in [0.2, 0.25) is 10.0 Å². The average molecular weight is 394 g/mol. The van der Waals surface area contributed by atoms with Crippen LogP contribution in [0.5, 0.6) is 0 Å². The molecule has 0 saturated heterocycles. The molecule has 2 N–H and O–H groups in total. The minimum Gasteiger partial charge on any atom is -0.370 e. The van der Waals surface area contributed by atoms with Crippen molar-refractivity contribution in [2.24, 2.45) is 5.73 Å². The van der Waals surface area contributed by atoms with E-state index in [4.69, 9.17) is 28.9 Å². The molecule has 0 unspecified atom stereocenters. The van der Waals surface area contributed by atoms with Crippen molar-refractivity contribution >= 4 is 40.9 Å². The molecule has 0 aliphatic rings. The van der Waals surface area contributed by atoms with Gasteiger partial charge in [-0.3, -0.25) is 14.3 Å². The number of carbonyl (C=O) groups is 1. The number of hydrogen-bond donors (Lipinski definition) is 1. The van der Waals surface area contributed by atoms with Crippen LogP contribution in [0.1, 0.15) is 6.42 Å². The minimum atomic E-state index is -0.361. The highest BCUT2D eigenvalue weighted by Gasteiger charge is 2.17. The molecule has 0 aliphatic heterocycles. The number of carbonyl (C=O) groups excluding carboxylic acids is 1. The van der Waals surface area contributed by atoms with E-state index in [0.717, 1.165) is 11.3 Å². The van der Waals surface area contributed by atoms with Gasteiger partial charge in [-0.15, -0.1) is 10.2 Å². The summed E-state index contributed by atoms with van der Waals surface area (Å²) in [6.07, 6.45) is 3.64. The van der Waals surface area contributed by atoms with Gasteiger partial charge in [-0.1, -0.05) is 35.0 Å². The van der Waals surface area contributed by atoms with Crippen molar-refractivity contribution in [3.63, 3.8) is 0 Å². The average Bonchev–Trinajstić information content (AvgIpc) is 3.02. The minimum absolute atomic E-state index is 0.251. The summed E-state index contributed by atoms with van der Waals surface area (Å²) >= 11 is 13.6. The van der Waals surface area contributed by atoms with Crippen molar-refractivity contribution in [3.8, 4) is 17.1 Å². The Morgan fingerprint density at radius 3 is 2.72 bits per heavy atom. The van der Waals surface area contributed by atoms with Gasteiger partial charge in [-0.05, 0) is 30.3 Å². The fourth-order valence-electron chi connectivity index (χ4n) is 2.15. The summed E-state index contributed by atoms with van der Waals surface area (Å²) in [5.41, 5.74) is 6.77. The zero-order chi connectivity index (χ0) is 17.8. The lowest BCUT2D eigenvalue weighted by atomic mass is 10.2. The van der Waals surface area contributed by atoms with E-state index in [1.807, 2.05) is 22.8 Å². The van der Waals surface area contributed by atoms with Crippen LogP contribution in [-0.4, -0.2) is 31.4 Å². The SMILES string of the molecule is NC(=O)CCSc1nnc(-c2cccnc2)n1-c1ccc(Cl)c(Cl)c1. The number of nitrogens with two attached hydrogens (primary N) is 1. The van der Waals surface area contributed by atoms with Crippen molar-refractivity contribution in [2.45, 2.75) is 11.6 Å². The third-order valence-electron chi connectivity index (χ3n) is 3.29. The van der Waals surface area contributed by atoms with E-state index in [-0.39, 0.29) is 12.3 Å². The van der Waals surface area contributed by atoms with E-state index < -0.39 is 0 Å². The Balaban J connectivity index is 2.06. The highest BCUT2D eigenvalue weighted by molar-refractivity contribution is 7.99. The maximum atomic E-state index is 11.0. The Morgan fingerprint density at radius 2 is 2.04 bits per heavy atom. The molecule has 6 nitrogen and oxygen atoms in total. The molecule has 1 aromatic carbocycles. The van der Waals surface area contributed by atoms with Crippen molar-refractivity contribution in [1.82, 2.24) is 19.7 Å². The highest BCUT2D eigenvalue weighted by atomic mass is 35.5. The molecule has 0 radical (unpaired) electrons. The van der Waals surface area contributed by atoms with Gasteiger partial charge in [0.1, 0.15) is 0 Å². The molecule has 128 valence electrons. The second-order valence-electron chi connectivity index (χ2n) is 5.05. The normalized spacial score (nSPS) is 10.8. The predicted octanol–water partition coefficient (Wildman–Crippen LogP) is 3.60. The lowest BCUT2D eigenvalue weighted by Crippen LogP contribution is -2.11. The number of halogens is 2. The van der Waals surface area contributed by atoms with Crippen LogP contribution < -0.4 is 5.73 Å². The molecule has 1 amide bonds. The number of thioether (sulfide) groups is 1. The Hall–Kier alpha value is -2.09. The van der Waals surface area contributed by atoms with Gasteiger partial charge in [0.15, 0.2) is 11.0 Å². The van der Waals surface area contributed by atoms with E-state index in [1.54, 1.807) is 24.5 Å². The first-order valence-corrected chi connectivity index (χ1v) is 9.03. The van der Waals surface area contributed by atoms with Gasteiger partial charge >= 0.3 is 0 Å². The third kappa shape index (κ3) is 4.12. The van der Waals surface area contributed by atoms with Gasteiger partial charge in [0.25, 0.3) is 0 Å². The van der Waals surface area contributed by atoms with Crippen molar-refractivity contribution in [2.75, 3.05) is 5.75 Å². The number of pyridine rings is 1. The number of primary amides is 1. The Morgan fingerprint density at radius 1 is 1.20 bits per heavy atom. The standard InChI is InChI=1S/C16H13Cl2N5OS/c17-12-4-3-11(8-13(12)18)23-15(10-2-1-6-20-9-10)21-22-16(23)25-7-5-14(19)24/h1-4,6,8-9H,5,7H2,(H2,19,24). The molecular weight excluding hydrogens is 381 g/mol. The van der Waals surface area contributed by atoms with Crippen LogP contribution >= 0.6 is 35.0 Å². The largest absolute Gasteiger partial charge is 0.370 e. The van der Waals surface area contributed by atoms with Crippen LogP contribution in [0.25, 0.3) is 17.1 Å². The van der Waals surface area contributed by atoms with E-state index in [2.05, 4.69) is 15.2 Å². The molecule has 0 fully saturated rings. The van der Waals surface area contributed by atoms with Crippen LogP contribution in [0, 0.1) is 0 Å². The molecule has 0 bridgehead atoms. The van der Waals surface area contributed by atoms with Gasteiger partial charge in [-0.25, -0.2) is 0 Å². The summed E-state index contributed by atoms with van der Waals surface area (Å²) in [6, 6.07) is 9.00. The summed E-state index contributed by atoms with van der Waals surface area (Å²) in [4.78, 5) is 15.1. The first kappa shape index (κ1) is 17.7. The van der Waals surface area contributed by atoms with Crippen LogP contribution in [0.15, 0.2) is 47.9 Å². The molecular formula is C16H13Cl2N5OS. The molecule has 0 atom stereocenters. The predicted molar refractivity (Wildman–Crippen MR) is 99.1 cm³/mol. The summed E-state index contributed by atoms with van der Waals surface area (Å²) in [6.45, 7) is 0. The van der Waals surface area contributed by atoms with Gasteiger partial charge < -0.3 is 5.73 Å². The monoisotopic (exact) mass is 393 g/mol. The molecule has 0 aliphatic carbocycles. The van der Waals surface area contributed by atoms with Crippen LogP contribution in [0.3, 0.4) is 0 Å². The molecule has 2 aromatic heterocycles. The number of rotatable bonds is 6. The summed E-state index contributed by atoms with van der Waals surface area (Å²) in [7, 11) is 0. The van der Waals surface area contributed by atoms with Gasteiger partial charge in [-0.2, -0.15) is 0 Å². The maximum Gasteiger partial charge on any atom is 0.218 e. The van der Waals surface area contributed by atoms with Gasteiger partial charge in [0, 0.05) is 30.1 Å². The summed E-state index contributed by atoms with van der Waals surface area (Å²) in [5, 5.41) is 10.0. The van der Waals surface area contributed by atoms with E-state index in [0.29, 0.717) is 26.8 Å². The molecule has 0 spiro atoms. The smallest absolute Gasteiger partial charge is 0.218 e. The van der Waals surface area contributed by atoms with Crippen LogP contribution in [-0.2, 0) is 4.79 Å². The zero-order valence-electron chi connectivity index (χ0n) is 12.9. The summed E-state index contributed by atoms with van der Waals surface area (Å²) in [5.74, 6) is 0.760. The number of benzene rings is 1. The lowest BCUT2D eigenvalue weighted by molar-refractivity contribution is -0.117. The molecule has 9 heteroatoms. The second kappa shape index (κ2) is 7.86. The summed E-state index contributed by atoms with van der Waals surface area (Å²) < 4.78 is 1.85. The quantitative estimate of drug-likeness (QED) is 0.646. The fraction of sp³-hybridized carbons (Fsp3) is 0.125. The van der Waals surface area contributed by atoms with E-state index in [9.17, 15) is 4.79 Å². The number of hydrogen-bond acceptors (Lipinski definition) is 5. The molecule has 3 aromatic rings. The molecule has 0 saturated carbocycles. The second-order valence-corrected chi connectivity index (χ2v) is 6.92. The maximum absolute atomic E-state index is 11.0. The Labute approximate surface area is 158 Å². The Kier molecular flexibility index (Phi) is 5.57. The highest BCUT2D eigenvalue weighted by Crippen LogP contribution is 2.31.